The lowest BCUT2D eigenvalue weighted by atomic mass is 9.58. The van der Waals surface area contributed by atoms with Gasteiger partial charge in [-0.15, -0.1) is 0 Å². The van der Waals surface area contributed by atoms with Gasteiger partial charge in [0.15, 0.2) is 0 Å². The van der Waals surface area contributed by atoms with E-state index < -0.39 is 11.9 Å². The van der Waals surface area contributed by atoms with Crippen molar-refractivity contribution in [1.29, 1.82) is 0 Å². The number of likely N-dealkylation sites (tertiary alicyclic amines) is 1. The summed E-state index contributed by atoms with van der Waals surface area (Å²) in [4.78, 5) is 26.9. The van der Waals surface area contributed by atoms with Crippen LogP contribution < -0.4 is 0 Å². The quantitative estimate of drug-likeness (QED) is 0.851. The molecule has 0 aromatic carbocycles. The minimum absolute atomic E-state index is 0.136. The highest BCUT2D eigenvalue weighted by Gasteiger charge is 2.52. The molecule has 4 rings (SSSR count). The van der Waals surface area contributed by atoms with Crippen molar-refractivity contribution in [3.63, 3.8) is 0 Å². The second kappa shape index (κ2) is 5.62. The first-order valence-electron chi connectivity index (χ1n) is 8.55. The van der Waals surface area contributed by atoms with Gasteiger partial charge in [0.1, 0.15) is 0 Å². The zero-order chi connectivity index (χ0) is 15.1. The van der Waals surface area contributed by atoms with Crippen LogP contribution in [0, 0.1) is 23.7 Å². The number of fused-ring (bicyclic) bond motifs is 3. The van der Waals surface area contributed by atoms with Gasteiger partial charge in [-0.05, 0) is 70.6 Å². The lowest BCUT2D eigenvalue weighted by Crippen LogP contribution is -2.56. The maximum Gasteiger partial charge on any atom is 0.307 e. The van der Waals surface area contributed by atoms with Crippen molar-refractivity contribution >= 4 is 11.9 Å². The van der Waals surface area contributed by atoms with Crippen LogP contribution >= 0.6 is 0 Å². The van der Waals surface area contributed by atoms with E-state index in [1.807, 2.05) is 4.90 Å². The number of rotatable bonds is 2. The van der Waals surface area contributed by atoms with E-state index in [4.69, 9.17) is 0 Å². The van der Waals surface area contributed by atoms with Crippen molar-refractivity contribution < 1.29 is 14.7 Å². The van der Waals surface area contributed by atoms with Crippen molar-refractivity contribution in [2.24, 2.45) is 23.7 Å². The number of carbonyl (C=O) groups is 2. The van der Waals surface area contributed by atoms with Crippen LogP contribution in [0.4, 0.5) is 0 Å². The molecule has 1 aliphatic heterocycles. The van der Waals surface area contributed by atoms with E-state index in [0.29, 0.717) is 5.92 Å². The van der Waals surface area contributed by atoms with Crippen LogP contribution in [0.5, 0.6) is 0 Å². The van der Waals surface area contributed by atoms with Crippen LogP contribution in [0.2, 0.25) is 0 Å². The Morgan fingerprint density at radius 1 is 0.857 bits per heavy atom. The molecule has 1 N–H and O–H groups in total. The molecule has 2 bridgehead atoms. The summed E-state index contributed by atoms with van der Waals surface area (Å²) in [5.41, 5.74) is 0. The van der Waals surface area contributed by atoms with Gasteiger partial charge in [0.05, 0.1) is 11.8 Å². The first-order valence-corrected chi connectivity index (χ1v) is 8.55. The highest BCUT2D eigenvalue weighted by molar-refractivity contribution is 5.86. The Labute approximate surface area is 126 Å². The molecule has 4 atom stereocenters. The van der Waals surface area contributed by atoms with Gasteiger partial charge in [0.25, 0.3) is 0 Å². The summed E-state index contributed by atoms with van der Waals surface area (Å²) >= 11 is 0. The first kappa shape index (κ1) is 14.9. The molecule has 0 radical (unpaired) electrons. The number of nitrogens with zero attached hydrogens (tertiary/aromatic N) is 1. The number of hydrogen-bond acceptors (Lipinski definition) is 2. The van der Waals surface area contributed by atoms with E-state index in [0.717, 1.165) is 38.5 Å². The molecule has 1 amide bonds. The molecule has 4 heteroatoms. The van der Waals surface area contributed by atoms with Crippen molar-refractivity contribution in [3.05, 3.63) is 0 Å². The van der Waals surface area contributed by atoms with Crippen LogP contribution in [0.1, 0.15) is 58.8 Å². The molecule has 4 nitrogen and oxygen atoms in total. The van der Waals surface area contributed by atoms with E-state index in [9.17, 15) is 14.7 Å². The smallest absolute Gasteiger partial charge is 0.307 e. The lowest BCUT2D eigenvalue weighted by Gasteiger charge is -2.49. The summed E-state index contributed by atoms with van der Waals surface area (Å²) in [6.07, 6.45) is 7.35. The van der Waals surface area contributed by atoms with Crippen molar-refractivity contribution in [2.45, 2.75) is 70.9 Å². The third kappa shape index (κ3) is 2.47. The second-order valence-corrected chi connectivity index (χ2v) is 7.44. The predicted octanol–water partition coefficient (Wildman–Crippen LogP) is 2.91. The largest absolute Gasteiger partial charge is 0.481 e. The van der Waals surface area contributed by atoms with Crippen molar-refractivity contribution in [3.8, 4) is 0 Å². The fraction of sp³-hybridized carbons (Fsp3) is 0.882. The number of piperidine rings is 1. The van der Waals surface area contributed by atoms with E-state index in [1.54, 1.807) is 0 Å². The van der Waals surface area contributed by atoms with Gasteiger partial charge in [-0.1, -0.05) is 0 Å². The molecular formula is C17H27NO3. The lowest BCUT2D eigenvalue weighted by molar-refractivity contribution is -0.165. The highest BCUT2D eigenvalue weighted by Crippen LogP contribution is 2.50. The fourth-order valence-corrected chi connectivity index (χ4v) is 5.19. The Morgan fingerprint density at radius 3 is 1.81 bits per heavy atom. The Morgan fingerprint density at radius 2 is 1.33 bits per heavy atom. The molecule has 0 unspecified atom stereocenters. The average Bonchev–Trinajstić information content (AvgIpc) is 2.47. The molecule has 3 saturated carbocycles. The summed E-state index contributed by atoms with van der Waals surface area (Å²) in [5, 5.41) is 9.64. The van der Waals surface area contributed by atoms with E-state index in [-0.39, 0.29) is 29.8 Å². The van der Waals surface area contributed by atoms with E-state index >= 15 is 0 Å². The monoisotopic (exact) mass is 293 g/mol. The molecule has 4 aliphatic rings. The summed E-state index contributed by atoms with van der Waals surface area (Å²) in [6, 6.07) is 0.521. The van der Waals surface area contributed by atoms with Crippen molar-refractivity contribution in [1.82, 2.24) is 4.90 Å². The Bertz CT molecular complexity index is 418. The van der Waals surface area contributed by atoms with Gasteiger partial charge >= 0.3 is 5.97 Å². The van der Waals surface area contributed by atoms with Crippen LogP contribution in [0.3, 0.4) is 0 Å². The van der Waals surface area contributed by atoms with Gasteiger partial charge in [-0.3, -0.25) is 9.59 Å². The van der Waals surface area contributed by atoms with Crippen LogP contribution in [0.15, 0.2) is 0 Å². The summed E-state index contributed by atoms with van der Waals surface area (Å²) < 4.78 is 0. The van der Waals surface area contributed by atoms with Crippen LogP contribution in [-0.2, 0) is 9.59 Å². The van der Waals surface area contributed by atoms with Crippen molar-refractivity contribution in [2.75, 3.05) is 0 Å². The average molecular weight is 293 g/mol. The molecule has 0 aromatic heterocycles. The zero-order valence-electron chi connectivity index (χ0n) is 13.1. The zero-order valence-corrected chi connectivity index (χ0v) is 13.1. The summed E-state index contributed by atoms with van der Waals surface area (Å²) in [7, 11) is 0. The standard InChI is InChI=1S/C17H27NO3/c1-10-4-3-5-11(2)18(10)16(19)14-12-6-8-13(9-7-12)15(14)17(20)21/h10-15H,3-9H2,1-2H3,(H,20,21)/t10-,11+,12?,13?,14-,15-/m1/s1. The molecule has 1 heterocycles. The SMILES string of the molecule is C[C@@H]1CCC[C@H](C)N1C(=O)[C@@H]1C2CCC(CC2)[C@H]1C(=O)O. The van der Waals surface area contributed by atoms with Gasteiger partial charge in [-0.2, -0.15) is 0 Å². The fourth-order valence-electron chi connectivity index (χ4n) is 5.19. The maximum atomic E-state index is 13.1. The van der Waals surface area contributed by atoms with Crippen LogP contribution in [0.25, 0.3) is 0 Å². The number of hydrogen-bond donors (Lipinski definition) is 1. The summed E-state index contributed by atoms with van der Waals surface area (Å²) in [5.74, 6) is -0.803. The first-order chi connectivity index (χ1) is 10.0. The predicted molar refractivity (Wildman–Crippen MR) is 79.7 cm³/mol. The van der Waals surface area contributed by atoms with Gasteiger partial charge in [-0.25, -0.2) is 0 Å². The Balaban J connectivity index is 1.86. The number of amides is 1. The molecule has 1 saturated heterocycles. The van der Waals surface area contributed by atoms with Gasteiger partial charge in [0, 0.05) is 12.1 Å². The molecule has 4 fully saturated rings. The summed E-state index contributed by atoms with van der Waals surface area (Å²) in [6.45, 7) is 4.23. The topological polar surface area (TPSA) is 57.6 Å². The highest BCUT2D eigenvalue weighted by atomic mass is 16.4. The maximum absolute atomic E-state index is 13.1. The minimum atomic E-state index is -0.750. The third-order valence-corrected chi connectivity index (χ3v) is 6.24. The van der Waals surface area contributed by atoms with E-state index in [2.05, 4.69) is 13.8 Å². The molecule has 21 heavy (non-hydrogen) atoms. The molecule has 0 aromatic rings. The third-order valence-electron chi connectivity index (χ3n) is 6.24. The molecule has 0 spiro atoms. The van der Waals surface area contributed by atoms with Gasteiger partial charge in [0.2, 0.25) is 5.91 Å². The normalized spacial score (nSPS) is 42.9. The molecular weight excluding hydrogens is 266 g/mol. The number of carboxylic acids is 1. The number of carboxylic acid groups (broad SMARTS) is 1. The number of aliphatic carboxylic acids is 1. The van der Waals surface area contributed by atoms with E-state index in [1.165, 1.54) is 6.42 Å². The molecule has 3 aliphatic carbocycles. The second-order valence-electron chi connectivity index (χ2n) is 7.44. The van der Waals surface area contributed by atoms with Crippen LogP contribution in [-0.4, -0.2) is 34.0 Å². The minimum Gasteiger partial charge on any atom is -0.481 e. The number of carbonyl (C=O) groups excluding carboxylic acids is 1. The molecule has 118 valence electrons. The Hall–Kier alpha value is -1.06. The Kier molecular flexibility index (Phi) is 3.98. The van der Waals surface area contributed by atoms with Gasteiger partial charge < -0.3 is 10.0 Å².